The lowest BCUT2D eigenvalue weighted by molar-refractivity contribution is -0.132. The van der Waals surface area contributed by atoms with Gasteiger partial charge in [0.1, 0.15) is 11.5 Å². The van der Waals surface area contributed by atoms with Gasteiger partial charge in [0.2, 0.25) is 0 Å². The van der Waals surface area contributed by atoms with Gasteiger partial charge in [-0.25, -0.2) is 4.79 Å². The summed E-state index contributed by atoms with van der Waals surface area (Å²) in [7, 11) is 0. The van der Waals surface area contributed by atoms with Gasteiger partial charge in [0.15, 0.2) is 0 Å². The lowest BCUT2D eigenvalue weighted by Gasteiger charge is -2.07. The second-order valence-corrected chi connectivity index (χ2v) is 7.77. The van der Waals surface area contributed by atoms with Gasteiger partial charge in [-0.05, 0) is 54.6 Å². The molecule has 0 radical (unpaired) electrons. The fraction of sp³-hybridized carbons (Fsp3) is 0.0400. The van der Waals surface area contributed by atoms with E-state index in [0.29, 0.717) is 34.0 Å². The Balaban J connectivity index is 1.69. The first-order chi connectivity index (χ1) is 15.5. The smallest absolute Gasteiger partial charge is 0.343 e. The van der Waals surface area contributed by atoms with Crippen molar-refractivity contribution in [3.8, 4) is 5.75 Å². The van der Waals surface area contributed by atoms with E-state index in [4.69, 9.17) is 9.47 Å². The highest BCUT2D eigenvalue weighted by Gasteiger charge is 2.22. The minimum Gasteiger partial charge on any atom is -0.426 e. The number of nitrogens with zero attached hydrogens (tertiary/aromatic N) is 2. The Bertz CT molecular complexity index is 1260. The van der Waals surface area contributed by atoms with Crippen molar-refractivity contribution in [1.82, 2.24) is 0 Å². The highest BCUT2D eigenvalue weighted by atomic mass is 79.9. The summed E-state index contributed by atoms with van der Waals surface area (Å²) < 4.78 is 11.6. The molecule has 0 atom stereocenters. The predicted octanol–water partition coefficient (Wildman–Crippen LogP) is 6.77. The van der Waals surface area contributed by atoms with Gasteiger partial charge >= 0.3 is 11.9 Å². The van der Waals surface area contributed by atoms with Crippen LogP contribution in [0.2, 0.25) is 0 Å². The van der Waals surface area contributed by atoms with Crippen LogP contribution in [-0.2, 0) is 14.3 Å². The van der Waals surface area contributed by atoms with E-state index in [-0.39, 0.29) is 0 Å². The first-order valence-electron chi connectivity index (χ1n) is 9.69. The van der Waals surface area contributed by atoms with E-state index in [1.165, 1.54) is 6.92 Å². The molecule has 1 heterocycles. The Kier molecular flexibility index (Phi) is 6.37. The maximum Gasteiger partial charge on any atom is 0.343 e. The molecule has 158 valence electrons. The number of rotatable bonds is 5. The van der Waals surface area contributed by atoms with Crippen LogP contribution in [0.3, 0.4) is 0 Å². The maximum atomic E-state index is 12.5. The van der Waals surface area contributed by atoms with Gasteiger partial charge in [-0.2, -0.15) is 10.2 Å². The second kappa shape index (κ2) is 9.53. The monoisotopic (exact) mass is 488 g/mol. The van der Waals surface area contributed by atoms with Crippen molar-refractivity contribution in [2.75, 3.05) is 0 Å². The number of cyclic esters (lactones) is 1. The van der Waals surface area contributed by atoms with Gasteiger partial charge in [0, 0.05) is 22.5 Å². The van der Waals surface area contributed by atoms with Crippen LogP contribution in [0.4, 0.5) is 11.4 Å². The van der Waals surface area contributed by atoms with Crippen molar-refractivity contribution in [2.45, 2.75) is 6.92 Å². The van der Waals surface area contributed by atoms with Crippen LogP contribution in [-0.4, -0.2) is 11.9 Å². The summed E-state index contributed by atoms with van der Waals surface area (Å²) in [4.78, 5) is 24.0. The van der Waals surface area contributed by atoms with Gasteiger partial charge < -0.3 is 9.47 Å². The highest BCUT2D eigenvalue weighted by Crippen LogP contribution is 2.32. The third-order valence-corrected chi connectivity index (χ3v) is 4.98. The fourth-order valence-corrected chi connectivity index (χ4v) is 3.25. The third-order valence-electron chi connectivity index (χ3n) is 4.45. The zero-order chi connectivity index (χ0) is 22.5. The van der Waals surface area contributed by atoms with Crippen molar-refractivity contribution < 1.29 is 19.1 Å². The summed E-state index contributed by atoms with van der Waals surface area (Å²) in [5.74, 6) is -0.207. The van der Waals surface area contributed by atoms with Crippen molar-refractivity contribution in [3.63, 3.8) is 0 Å². The minimum absolute atomic E-state index is 0.307. The molecule has 7 heteroatoms. The Morgan fingerprint density at radius 2 is 1.69 bits per heavy atom. The molecule has 0 amide bonds. The van der Waals surface area contributed by atoms with E-state index in [1.807, 2.05) is 54.6 Å². The molecule has 0 spiro atoms. The Hall–Kier alpha value is -3.84. The van der Waals surface area contributed by atoms with Crippen LogP contribution in [0.25, 0.3) is 11.8 Å². The van der Waals surface area contributed by atoms with E-state index >= 15 is 0 Å². The molecule has 0 aliphatic carbocycles. The average molecular weight is 489 g/mol. The zero-order valence-electron chi connectivity index (χ0n) is 17.0. The summed E-state index contributed by atoms with van der Waals surface area (Å²) in [6.07, 6.45) is 3.26. The fourth-order valence-electron chi connectivity index (χ4n) is 2.98. The molecule has 0 N–H and O–H groups in total. The molecular weight excluding hydrogens is 472 g/mol. The van der Waals surface area contributed by atoms with Crippen LogP contribution in [0.1, 0.15) is 18.1 Å². The molecule has 0 aromatic heterocycles. The molecule has 0 fully saturated rings. The number of halogens is 1. The Morgan fingerprint density at radius 1 is 0.969 bits per heavy atom. The quantitative estimate of drug-likeness (QED) is 0.172. The predicted molar refractivity (Wildman–Crippen MR) is 125 cm³/mol. The Labute approximate surface area is 193 Å². The molecule has 0 saturated heterocycles. The van der Waals surface area contributed by atoms with E-state index < -0.39 is 11.9 Å². The lowest BCUT2D eigenvalue weighted by Crippen LogP contribution is -2.03. The number of hydrogen-bond donors (Lipinski definition) is 0. The second-order valence-electron chi connectivity index (χ2n) is 6.86. The number of ether oxygens (including phenoxy) is 2. The van der Waals surface area contributed by atoms with Crippen molar-refractivity contribution in [1.29, 1.82) is 0 Å². The molecular formula is C25H17BrN2O4. The summed E-state index contributed by atoms with van der Waals surface area (Å²) in [5, 5.41) is 8.44. The van der Waals surface area contributed by atoms with Crippen molar-refractivity contribution in [3.05, 3.63) is 100 Å². The molecule has 3 aromatic carbocycles. The molecule has 32 heavy (non-hydrogen) atoms. The summed E-state index contributed by atoms with van der Waals surface area (Å²) in [6, 6.07) is 21.7. The Morgan fingerprint density at radius 3 is 2.41 bits per heavy atom. The van der Waals surface area contributed by atoms with Gasteiger partial charge in [0.25, 0.3) is 0 Å². The summed E-state index contributed by atoms with van der Waals surface area (Å²) in [6.45, 7) is 1.31. The summed E-state index contributed by atoms with van der Waals surface area (Å²) >= 11 is 3.39. The number of carbonyl (C=O) groups excluding carboxylic acids is 2. The first kappa shape index (κ1) is 21.4. The molecule has 0 bridgehead atoms. The average Bonchev–Trinajstić information content (AvgIpc) is 3.15. The lowest BCUT2D eigenvalue weighted by atomic mass is 10.1. The van der Waals surface area contributed by atoms with Gasteiger partial charge in [0.05, 0.1) is 16.9 Å². The number of esters is 2. The number of azo groups is 1. The SMILES string of the molecule is CC(=O)Oc1ccc(N=Nc2ccccc2)cc1/C=C1\C=C(c2ccc(Br)cc2)OC1=O. The molecule has 6 nitrogen and oxygen atoms in total. The molecule has 4 rings (SSSR count). The topological polar surface area (TPSA) is 77.3 Å². The molecule has 0 unspecified atom stereocenters. The molecule has 1 aliphatic rings. The van der Waals surface area contributed by atoms with Crippen LogP contribution >= 0.6 is 15.9 Å². The number of hydrogen-bond acceptors (Lipinski definition) is 6. The van der Waals surface area contributed by atoms with E-state index in [0.717, 1.165) is 10.0 Å². The van der Waals surface area contributed by atoms with Gasteiger partial charge in [-0.3, -0.25) is 4.79 Å². The largest absolute Gasteiger partial charge is 0.426 e. The first-order valence-corrected chi connectivity index (χ1v) is 10.5. The van der Waals surface area contributed by atoms with Gasteiger partial charge in [-0.15, -0.1) is 0 Å². The van der Waals surface area contributed by atoms with Crippen molar-refractivity contribution in [2.24, 2.45) is 10.2 Å². The number of carbonyl (C=O) groups is 2. The van der Waals surface area contributed by atoms with E-state index in [1.54, 1.807) is 30.4 Å². The highest BCUT2D eigenvalue weighted by molar-refractivity contribution is 9.10. The van der Waals surface area contributed by atoms with E-state index in [9.17, 15) is 9.59 Å². The van der Waals surface area contributed by atoms with Crippen molar-refractivity contribution >= 4 is 51.1 Å². The minimum atomic E-state index is -0.493. The maximum absolute atomic E-state index is 12.5. The number of benzene rings is 3. The van der Waals surface area contributed by atoms with Crippen LogP contribution < -0.4 is 4.74 Å². The van der Waals surface area contributed by atoms with E-state index in [2.05, 4.69) is 26.2 Å². The third kappa shape index (κ3) is 5.25. The van der Waals surface area contributed by atoms with Crippen LogP contribution in [0.15, 0.2) is 99.1 Å². The van der Waals surface area contributed by atoms with Crippen LogP contribution in [0, 0.1) is 0 Å². The summed E-state index contributed by atoms with van der Waals surface area (Å²) in [5.41, 5.74) is 2.85. The normalized spacial score (nSPS) is 14.5. The molecule has 3 aromatic rings. The van der Waals surface area contributed by atoms with Crippen LogP contribution in [0.5, 0.6) is 5.75 Å². The standard InChI is InChI=1S/C25H17BrN2O4/c1-16(29)31-23-12-11-22(28-27-21-5-3-2-4-6-21)14-18(23)13-19-15-24(32-25(19)30)17-7-9-20(26)10-8-17/h2-15H,1H3/b19-13+,28-27?. The molecule has 0 saturated carbocycles. The zero-order valence-corrected chi connectivity index (χ0v) is 18.6. The van der Waals surface area contributed by atoms with Gasteiger partial charge in [-0.1, -0.05) is 46.3 Å². The molecule has 1 aliphatic heterocycles.